The van der Waals surface area contributed by atoms with Gasteiger partial charge in [-0.05, 0) is 31.1 Å². The van der Waals surface area contributed by atoms with Crippen LogP contribution in [0.25, 0.3) is 0 Å². The van der Waals surface area contributed by atoms with Crippen molar-refractivity contribution < 1.29 is 28.6 Å². The minimum atomic E-state index is -0.763. The second kappa shape index (κ2) is 53.8. The zero-order valence-electron chi connectivity index (χ0n) is 46.0. The van der Waals surface area contributed by atoms with Crippen molar-refractivity contribution in [3.05, 3.63) is 0 Å². The smallest absolute Gasteiger partial charge is 0.306 e. The maximum atomic E-state index is 12.8. The van der Waals surface area contributed by atoms with E-state index in [-0.39, 0.29) is 31.1 Å². The molecule has 0 radical (unpaired) electrons. The van der Waals surface area contributed by atoms with E-state index in [1.807, 2.05) is 0 Å². The van der Waals surface area contributed by atoms with Crippen LogP contribution >= 0.6 is 0 Å². The van der Waals surface area contributed by atoms with Crippen molar-refractivity contribution in [2.75, 3.05) is 13.2 Å². The third-order valence-electron chi connectivity index (χ3n) is 14.3. The Morgan fingerprint density at radius 3 is 0.851 bits per heavy atom. The summed E-state index contributed by atoms with van der Waals surface area (Å²) in [5.74, 6) is 0.875. The molecule has 0 heterocycles. The molecule has 1 unspecified atom stereocenters. The van der Waals surface area contributed by atoms with Gasteiger partial charge in [0.1, 0.15) is 13.2 Å². The maximum absolute atomic E-state index is 12.8. The lowest BCUT2D eigenvalue weighted by atomic mass is 9.99. The van der Waals surface area contributed by atoms with E-state index in [2.05, 4.69) is 34.6 Å². The van der Waals surface area contributed by atoms with E-state index >= 15 is 0 Å². The normalized spacial score (nSPS) is 12.4. The van der Waals surface area contributed by atoms with Crippen LogP contribution in [-0.4, -0.2) is 37.2 Å². The van der Waals surface area contributed by atoms with Gasteiger partial charge in [0.15, 0.2) is 6.10 Å². The summed E-state index contributed by atoms with van der Waals surface area (Å²) in [5.41, 5.74) is 0. The predicted molar refractivity (Wildman–Crippen MR) is 289 cm³/mol. The number of carbonyl (C=O) groups is 3. The van der Waals surface area contributed by atoms with Crippen molar-refractivity contribution in [3.8, 4) is 0 Å². The summed E-state index contributed by atoms with van der Waals surface area (Å²) >= 11 is 0. The summed E-state index contributed by atoms with van der Waals surface area (Å²) < 4.78 is 16.9. The van der Waals surface area contributed by atoms with Crippen LogP contribution in [0, 0.1) is 11.8 Å². The average Bonchev–Trinajstić information content (AvgIpc) is 3.31. The van der Waals surface area contributed by atoms with Gasteiger partial charge in [-0.3, -0.25) is 14.4 Å². The van der Waals surface area contributed by atoms with E-state index in [1.165, 1.54) is 231 Å². The Labute approximate surface area is 418 Å². The fraction of sp³-hybridized carbons (Fsp3) is 0.951. The summed E-state index contributed by atoms with van der Waals surface area (Å²) in [6.45, 7) is 11.4. The first-order valence-electron chi connectivity index (χ1n) is 30.3. The molecule has 0 N–H and O–H groups in total. The Kier molecular flexibility index (Phi) is 52.5. The number of unbranched alkanes of at least 4 members (excludes halogenated alkanes) is 39. The van der Waals surface area contributed by atoms with E-state index < -0.39 is 6.10 Å². The number of ether oxygens (including phenoxy) is 3. The summed E-state index contributed by atoms with van der Waals surface area (Å²) in [6.07, 6.45) is 58.1. The highest BCUT2D eigenvalue weighted by Gasteiger charge is 2.19. The molecule has 0 aromatic rings. The molecule has 0 spiro atoms. The Hall–Kier alpha value is -1.59. The topological polar surface area (TPSA) is 78.9 Å². The van der Waals surface area contributed by atoms with Gasteiger partial charge < -0.3 is 14.2 Å². The van der Waals surface area contributed by atoms with Crippen LogP contribution in [0.4, 0.5) is 0 Å². The molecule has 67 heavy (non-hydrogen) atoms. The highest BCUT2D eigenvalue weighted by molar-refractivity contribution is 5.71. The summed E-state index contributed by atoms with van der Waals surface area (Å²) in [6, 6.07) is 0. The van der Waals surface area contributed by atoms with Crippen LogP contribution in [0.5, 0.6) is 0 Å². The lowest BCUT2D eigenvalue weighted by molar-refractivity contribution is -0.167. The second-order valence-electron chi connectivity index (χ2n) is 21.7. The number of esters is 3. The lowest BCUT2D eigenvalue weighted by Gasteiger charge is -2.18. The minimum Gasteiger partial charge on any atom is -0.462 e. The molecule has 0 aliphatic carbocycles. The molecule has 0 aliphatic heterocycles. The minimum absolute atomic E-state index is 0.0626. The Morgan fingerprint density at radius 2 is 0.567 bits per heavy atom. The highest BCUT2D eigenvalue weighted by Crippen LogP contribution is 2.19. The molecule has 398 valence electrons. The average molecular weight is 948 g/mol. The fourth-order valence-electron chi connectivity index (χ4n) is 9.37. The lowest BCUT2D eigenvalue weighted by Crippen LogP contribution is -2.30. The van der Waals surface area contributed by atoms with Gasteiger partial charge in [-0.15, -0.1) is 0 Å². The van der Waals surface area contributed by atoms with E-state index in [4.69, 9.17) is 14.2 Å². The van der Waals surface area contributed by atoms with Crippen LogP contribution in [-0.2, 0) is 28.6 Å². The molecule has 2 atom stereocenters. The van der Waals surface area contributed by atoms with Crippen LogP contribution in [0.1, 0.15) is 343 Å². The van der Waals surface area contributed by atoms with Crippen molar-refractivity contribution >= 4 is 17.9 Å². The Morgan fingerprint density at radius 1 is 0.313 bits per heavy atom. The van der Waals surface area contributed by atoms with Crippen molar-refractivity contribution in [2.24, 2.45) is 11.8 Å². The molecule has 0 amide bonds. The largest absolute Gasteiger partial charge is 0.462 e. The predicted octanol–water partition coefficient (Wildman–Crippen LogP) is 20.0. The molecule has 0 fully saturated rings. The molecular formula is C61H118O6. The molecule has 0 aromatic heterocycles. The number of carbonyl (C=O) groups excluding carboxylic acids is 3. The quantitative estimate of drug-likeness (QED) is 0.0343. The SMILES string of the molecule is CCCCCCCCCCCCCCCCCCCCC(=O)OC[C@@H](COC(=O)CCCCCCCCCCCCCCCCC(C)CC)OC(=O)CCCCCCCCCCCCC(C)C. The van der Waals surface area contributed by atoms with Crippen molar-refractivity contribution in [1.29, 1.82) is 0 Å². The molecule has 6 nitrogen and oxygen atoms in total. The third kappa shape index (κ3) is 53.6. The van der Waals surface area contributed by atoms with E-state index in [1.54, 1.807) is 0 Å². The maximum Gasteiger partial charge on any atom is 0.306 e. The first kappa shape index (κ1) is 65.4. The third-order valence-corrected chi connectivity index (χ3v) is 14.3. The standard InChI is InChI=1S/C61H118O6/c1-6-8-9-10-11-12-13-14-15-16-17-18-22-25-31-36-41-46-51-59(62)65-54-58(67-61(64)53-48-43-38-33-28-27-29-34-39-44-49-56(3)4)55-66-60(63)52-47-42-37-32-26-23-20-19-21-24-30-35-40-45-50-57(5)7-2/h56-58H,6-55H2,1-5H3/t57?,58-/m0/s1. The van der Waals surface area contributed by atoms with E-state index in [9.17, 15) is 14.4 Å². The van der Waals surface area contributed by atoms with Crippen LogP contribution in [0.15, 0.2) is 0 Å². The van der Waals surface area contributed by atoms with Gasteiger partial charge in [-0.25, -0.2) is 0 Å². The van der Waals surface area contributed by atoms with Gasteiger partial charge in [-0.1, -0.05) is 304 Å². The monoisotopic (exact) mass is 947 g/mol. The van der Waals surface area contributed by atoms with Gasteiger partial charge in [0.05, 0.1) is 0 Å². The molecular weight excluding hydrogens is 829 g/mol. The molecule has 6 heteroatoms. The molecule has 0 saturated heterocycles. The van der Waals surface area contributed by atoms with E-state index in [0.717, 1.165) is 69.6 Å². The van der Waals surface area contributed by atoms with Gasteiger partial charge in [0, 0.05) is 19.3 Å². The first-order valence-corrected chi connectivity index (χ1v) is 30.3. The number of hydrogen-bond donors (Lipinski definition) is 0. The zero-order valence-corrected chi connectivity index (χ0v) is 46.0. The Balaban J connectivity index is 4.27. The molecule has 0 rings (SSSR count). The van der Waals surface area contributed by atoms with Gasteiger partial charge >= 0.3 is 17.9 Å². The van der Waals surface area contributed by atoms with Gasteiger partial charge in [-0.2, -0.15) is 0 Å². The highest BCUT2D eigenvalue weighted by atomic mass is 16.6. The van der Waals surface area contributed by atoms with Crippen molar-refractivity contribution in [1.82, 2.24) is 0 Å². The molecule has 0 aromatic carbocycles. The van der Waals surface area contributed by atoms with Gasteiger partial charge in [0.2, 0.25) is 0 Å². The summed E-state index contributed by atoms with van der Waals surface area (Å²) in [7, 11) is 0. The van der Waals surface area contributed by atoms with Crippen LogP contribution in [0.3, 0.4) is 0 Å². The molecule has 0 saturated carbocycles. The first-order chi connectivity index (χ1) is 32.8. The van der Waals surface area contributed by atoms with Gasteiger partial charge in [0.25, 0.3) is 0 Å². The summed E-state index contributed by atoms with van der Waals surface area (Å²) in [4.78, 5) is 38.2. The van der Waals surface area contributed by atoms with E-state index in [0.29, 0.717) is 19.3 Å². The van der Waals surface area contributed by atoms with Crippen molar-refractivity contribution in [2.45, 2.75) is 349 Å². The second-order valence-corrected chi connectivity index (χ2v) is 21.7. The summed E-state index contributed by atoms with van der Waals surface area (Å²) in [5, 5.41) is 0. The zero-order chi connectivity index (χ0) is 48.9. The number of hydrogen-bond acceptors (Lipinski definition) is 6. The fourth-order valence-corrected chi connectivity index (χ4v) is 9.37. The molecule has 0 bridgehead atoms. The van der Waals surface area contributed by atoms with Crippen molar-refractivity contribution in [3.63, 3.8) is 0 Å². The number of rotatable bonds is 55. The Bertz CT molecular complexity index is 1030. The van der Waals surface area contributed by atoms with Crippen LogP contribution < -0.4 is 0 Å². The molecule has 0 aliphatic rings. The van der Waals surface area contributed by atoms with Crippen LogP contribution in [0.2, 0.25) is 0 Å².